The van der Waals surface area contributed by atoms with E-state index in [1.54, 1.807) is 12.1 Å². The van der Waals surface area contributed by atoms with E-state index in [1.807, 2.05) is 30.3 Å². The molecule has 20 heavy (non-hydrogen) atoms. The van der Waals surface area contributed by atoms with E-state index in [0.29, 0.717) is 12.0 Å². The van der Waals surface area contributed by atoms with E-state index in [1.165, 1.54) is 6.07 Å². The van der Waals surface area contributed by atoms with E-state index in [4.69, 9.17) is 0 Å². The number of hydrogen-bond acceptors (Lipinski definition) is 1. The predicted molar refractivity (Wildman–Crippen MR) is 79.1 cm³/mol. The van der Waals surface area contributed by atoms with Crippen LogP contribution in [0.3, 0.4) is 0 Å². The molecule has 0 spiro atoms. The zero-order chi connectivity index (χ0) is 14.5. The molecule has 0 fully saturated rings. The van der Waals surface area contributed by atoms with Gasteiger partial charge in [0.25, 0.3) is 0 Å². The number of aliphatic carboxylic acids is 1. The van der Waals surface area contributed by atoms with E-state index in [2.05, 4.69) is 15.9 Å². The van der Waals surface area contributed by atoms with Crippen LogP contribution in [0.2, 0.25) is 0 Å². The Hall–Kier alpha value is -1.68. The summed E-state index contributed by atoms with van der Waals surface area (Å²) < 4.78 is 14.5. The second-order valence-corrected chi connectivity index (χ2v) is 5.58. The van der Waals surface area contributed by atoms with Gasteiger partial charge in [0, 0.05) is 4.47 Å². The fourth-order valence-electron chi connectivity index (χ4n) is 2.11. The smallest absolute Gasteiger partial charge is 0.307 e. The lowest BCUT2D eigenvalue weighted by atomic mass is 9.92. The minimum Gasteiger partial charge on any atom is -0.481 e. The van der Waals surface area contributed by atoms with Crippen LogP contribution in [0.15, 0.2) is 53.0 Å². The Labute approximate surface area is 125 Å². The molecule has 0 aliphatic carbocycles. The number of rotatable bonds is 5. The van der Waals surface area contributed by atoms with Gasteiger partial charge in [0.1, 0.15) is 5.82 Å². The van der Waals surface area contributed by atoms with Crippen molar-refractivity contribution < 1.29 is 14.3 Å². The highest BCUT2D eigenvalue weighted by Crippen LogP contribution is 2.21. The van der Waals surface area contributed by atoms with Crippen molar-refractivity contribution >= 4 is 21.9 Å². The molecular formula is C16H14BrFO2. The summed E-state index contributed by atoms with van der Waals surface area (Å²) in [5, 5.41) is 9.32. The summed E-state index contributed by atoms with van der Waals surface area (Å²) in [5.41, 5.74) is 1.36. The topological polar surface area (TPSA) is 37.3 Å². The highest BCUT2D eigenvalue weighted by atomic mass is 79.9. The van der Waals surface area contributed by atoms with E-state index in [-0.39, 0.29) is 12.2 Å². The Morgan fingerprint density at radius 3 is 2.50 bits per heavy atom. The molecule has 0 aliphatic heterocycles. The van der Waals surface area contributed by atoms with Crippen LogP contribution in [0.5, 0.6) is 0 Å². The molecule has 0 saturated heterocycles. The van der Waals surface area contributed by atoms with Gasteiger partial charge in [-0.05, 0) is 42.2 Å². The molecule has 2 nitrogen and oxygen atoms in total. The Bertz CT molecular complexity index is 599. The van der Waals surface area contributed by atoms with Crippen LogP contribution < -0.4 is 0 Å². The zero-order valence-electron chi connectivity index (χ0n) is 10.7. The summed E-state index contributed by atoms with van der Waals surface area (Å²) in [6.07, 6.45) is 0.567. The molecule has 2 aromatic rings. The van der Waals surface area contributed by atoms with Gasteiger partial charge < -0.3 is 5.11 Å². The molecule has 0 bridgehead atoms. The maximum atomic E-state index is 13.7. The van der Waals surface area contributed by atoms with Crippen LogP contribution in [0.1, 0.15) is 11.1 Å². The van der Waals surface area contributed by atoms with Crippen molar-refractivity contribution in [2.24, 2.45) is 5.92 Å². The molecule has 2 rings (SSSR count). The summed E-state index contributed by atoms with van der Waals surface area (Å²) in [6, 6.07) is 14.0. The summed E-state index contributed by atoms with van der Waals surface area (Å²) in [4.78, 5) is 11.4. The van der Waals surface area contributed by atoms with E-state index >= 15 is 0 Å². The highest BCUT2D eigenvalue weighted by Gasteiger charge is 2.20. The minimum atomic E-state index is -0.909. The molecule has 1 unspecified atom stereocenters. The maximum Gasteiger partial charge on any atom is 0.307 e. The quantitative estimate of drug-likeness (QED) is 0.893. The van der Waals surface area contributed by atoms with Gasteiger partial charge in [0.15, 0.2) is 0 Å². The lowest BCUT2D eigenvalue weighted by Gasteiger charge is -2.13. The van der Waals surface area contributed by atoms with Crippen LogP contribution in [-0.2, 0) is 17.6 Å². The molecular weight excluding hydrogens is 323 g/mol. The molecule has 0 aliphatic rings. The van der Waals surface area contributed by atoms with E-state index in [0.717, 1.165) is 10.0 Å². The van der Waals surface area contributed by atoms with Crippen molar-refractivity contribution in [3.63, 3.8) is 0 Å². The van der Waals surface area contributed by atoms with Crippen molar-refractivity contribution in [3.05, 3.63) is 69.9 Å². The number of carboxylic acid groups (broad SMARTS) is 1. The van der Waals surface area contributed by atoms with Gasteiger partial charge in [-0.15, -0.1) is 0 Å². The SMILES string of the molecule is O=C(O)C(Cc1ccccc1)Cc1cc(Br)ccc1F. The highest BCUT2D eigenvalue weighted by molar-refractivity contribution is 9.10. The average Bonchev–Trinajstić information content (AvgIpc) is 2.43. The van der Waals surface area contributed by atoms with Gasteiger partial charge in [-0.1, -0.05) is 46.3 Å². The molecule has 1 N–H and O–H groups in total. The average molecular weight is 337 g/mol. The third-order valence-electron chi connectivity index (χ3n) is 3.15. The maximum absolute atomic E-state index is 13.7. The number of carbonyl (C=O) groups is 1. The summed E-state index contributed by atoms with van der Waals surface area (Å²) in [6.45, 7) is 0. The molecule has 0 saturated carbocycles. The standard InChI is InChI=1S/C16H14BrFO2/c17-14-6-7-15(18)12(10-14)9-13(16(19)20)8-11-4-2-1-3-5-11/h1-7,10,13H,8-9H2,(H,19,20). The first kappa shape index (κ1) is 14.7. The second-order valence-electron chi connectivity index (χ2n) is 4.66. The lowest BCUT2D eigenvalue weighted by molar-refractivity contribution is -0.141. The fraction of sp³-hybridized carbons (Fsp3) is 0.188. The summed E-state index contributed by atoms with van der Waals surface area (Å²) in [5.74, 6) is -1.91. The van der Waals surface area contributed by atoms with Crippen molar-refractivity contribution in [2.45, 2.75) is 12.8 Å². The number of halogens is 2. The van der Waals surface area contributed by atoms with Crippen LogP contribution in [0.4, 0.5) is 4.39 Å². The van der Waals surface area contributed by atoms with E-state index < -0.39 is 11.9 Å². The first-order valence-electron chi connectivity index (χ1n) is 6.27. The molecule has 0 amide bonds. The van der Waals surface area contributed by atoms with Crippen molar-refractivity contribution in [2.75, 3.05) is 0 Å². The van der Waals surface area contributed by atoms with Crippen molar-refractivity contribution in [3.8, 4) is 0 Å². The largest absolute Gasteiger partial charge is 0.481 e. The third-order valence-corrected chi connectivity index (χ3v) is 3.64. The summed E-state index contributed by atoms with van der Waals surface area (Å²) in [7, 11) is 0. The fourth-order valence-corrected chi connectivity index (χ4v) is 2.52. The first-order valence-corrected chi connectivity index (χ1v) is 7.06. The van der Waals surface area contributed by atoms with Crippen LogP contribution >= 0.6 is 15.9 Å². The van der Waals surface area contributed by atoms with Gasteiger partial charge in [-0.3, -0.25) is 4.79 Å². The first-order chi connectivity index (χ1) is 9.56. The van der Waals surface area contributed by atoms with Crippen LogP contribution in [0, 0.1) is 11.7 Å². The van der Waals surface area contributed by atoms with Gasteiger partial charge in [0.05, 0.1) is 5.92 Å². The Morgan fingerprint density at radius 2 is 1.85 bits per heavy atom. The third kappa shape index (κ3) is 3.90. The van der Waals surface area contributed by atoms with Gasteiger partial charge in [-0.2, -0.15) is 0 Å². The molecule has 1 atom stereocenters. The predicted octanol–water partition coefficient (Wildman–Crippen LogP) is 4.07. The minimum absolute atomic E-state index is 0.176. The van der Waals surface area contributed by atoms with Gasteiger partial charge in [0.2, 0.25) is 0 Å². The monoisotopic (exact) mass is 336 g/mol. The number of benzene rings is 2. The molecule has 4 heteroatoms. The second kappa shape index (κ2) is 6.66. The number of carboxylic acids is 1. The van der Waals surface area contributed by atoms with Crippen LogP contribution in [-0.4, -0.2) is 11.1 Å². The Balaban J connectivity index is 2.18. The Morgan fingerprint density at radius 1 is 1.15 bits per heavy atom. The van der Waals surface area contributed by atoms with Crippen molar-refractivity contribution in [1.29, 1.82) is 0 Å². The summed E-state index contributed by atoms with van der Waals surface area (Å²) >= 11 is 3.28. The normalized spacial score (nSPS) is 12.1. The van der Waals surface area contributed by atoms with Crippen LogP contribution in [0.25, 0.3) is 0 Å². The lowest BCUT2D eigenvalue weighted by Crippen LogP contribution is -2.19. The molecule has 2 aromatic carbocycles. The molecule has 0 aromatic heterocycles. The van der Waals surface area contributed by atoms with Gasteiger partial charge >= 0.3 is 5.97 Å². The molecule has 0 heterocycles. The van der Waals surface area contributed by atoms with Crippen molar-refractivity contribution in [1.82, 2.24) is 0 Å². The molecule has 104 valence electrons. The molecule has 0 radical (unpaired) electrons. The number of hydrogen-bond donors (Lipinski definition) is 1. The van der Waals surface area contributed by atoms with E-state index in [9.17, 15) is 14.3 Å². The van der Waals surface area contributed by atoms with Gasteiger partial charge in [-0.25, -0.2) is 4.39 Å². The Kier molecular flexibility index (Phi) is 4.90. The zero-order valence-corrected chi connectivity index (χ0v) is 12.3.